The van der Waals surface area contributed by atoms with Gasteiger partial charge in [-0.05, 0) is 30.9 Å². The molecule has 0 saturated heterocycles. The number of rotatable bonds is 2. The van der Waals surface area contributed by atoms with Crippen LogP contribution in [0.1, 0.15) is 37.2 Å². The quantitative estimate of drug-likeness (QED) is 0.829. The van der Waals surface area contributed by atoms with E-state index in [0.29, 0.717) is 17.7 Å². The van der Waals surface area contributed by atoms with Crippen molar-refractivity contribution < 1.29 is 4.42 Å². The van der Waals surface area contributed by atoms with Gasteiger partial charge in [-0.15, -0.1) is 10.2 Å². The van der Waals surface area contributed by atoms with Crippen LogP contribution in [0.5, 0.6) is 0 Å². The van der Waals surface area contributed by atoms with E-state index in [9.17, 15) is 0 Å². The van der Waals surface area contributed by atoms with Gasteiger partial charge in [-0.3, -0.25) is 0 Å². The van der Waals surface area contributed by atoms with Crippen LogP contribution in [0.2, 0.25) is 0 Å². The number of nitrogens with zero attached hydrogens (tertiary/aromatic N) is 3. The normalized spacial score (nSPS) is 20.2. The molecule has 4 nitrogen and oxygen atoms in total. The van der Waals surface area contributed by atoms with Crippen LogP contribution in [0.3, 0.4) is 0 Å². The smallest absolute Gasteiger partial charge is 0.238 e. The average molecular weight is 257 g/mol. The first-order valence-electron chi connectivity index (χ1n) is 6.79. The molecule has 0 saturated carbocycles. The zero-order chi connectivity index (χ0) is 13.4. The summed E-state index contributed by atoms with van der Waals surface area (Å²) in [5.41, 5.74) is 2.70. The van der Waals surface area contributed by atoms with Crippen LogP contribution in [0.25, 0.3) is 0 Å². The van der Waals surface area contributed by atoms with Gasteiger partial charge in [0.1, 0.15) is 6.04 Å². The van der Waals surface area contributed by atoms with Crippen molar-refractivity contribution in [2.24, 2.45) is 5.92 Å². The monoisotopic (exact) mass is 257 g/mol. The Labute approximate surface area is 113 Å². The Morgan fingerprint density at radius 1 is 1.32 bits per heavy atom. The molecule has 3 rings (SSSR count). The molecule has 0 N–H and O–H groups in total. The average Bonchev–Trinajstić information content (AvgIpc) is 2.83. The summed E-state index contributed by atoms with van der Waals surface area (Å²) in [5.74, 6) is 1.96. The molecule has 0 radical (unpaired) electrons. The van der Waals surface area contributed by atoms with Crippen LogP contribution < -0.4 is 4.90 Å². The maximum atomic E-state index is 5.58. The van der Waals surface area contributed by atoms with E-state index >= 15 is 0 Å². The predicted molar refractivity (Wildman–Crippen MR) is 74.1 cm³/mol. The second-order valence-electron chi connectivity index (χ2n) is 5.43. The maximum absolute atomic E-state index is 5.58. The predicted octanol–water partition coefficient (Wildman–Crippen LogP) is 3.14. The van der Waals surface area contributed by atoms with E-state index in [-0.39, 0.29) is 6.04 Å². The van der Waals surface area contributed by atoms with Crippen LogP contribution in [0.4, 0.5) is 5.69 Å². The largest absolute Gasteiger partial charge is 0.423 e. The zero-order valence-corrected chi connectivity index (χ0v) is 11.6. The van der Waals surface area contributed by atoms with Crippen molar-refractivity contribution in [2.45, 2.75) is 33.2 Å². The molecule has 0 aliphatic carbocycles. The van der Waals surface area contributed by atoms with Gasteiger partial charge in [0, 0.05) is 19.2 Å². The second-order valence-corrected chi connectivity index (χ2v) is 5.43. The van der Waals surface area contributed by atoms with Crippen molar-refractivity contribution >= 4 is 5.69 Å². The van der Waals surface area contributed by atoms with E-state index in [1.165, 1.54) is 11.3 Å². The lowest BCUT2D eigenvalue weighted by Crippen LogP contribution is -2.36. The number of benzene rings is 1. The molecule has 0 unspecified atom stereocenters. The highest BCUT2D eigenvalue weighted by Gasteiger charge is 2.28. The lowest BCUT2D eigenvalue weighted by Gasteiger charge is -2.37. The summed E-state index contributed by atoms with van der Waals surface area (Å²) in [4.78, 5) is 2.37. The molecule has 4 heteroatoms. The van der Waals surface area contributed by atoms with Crippen LogP contribution in [0.15, 0.2) is 28.7 Å². The van der Waals surface area contributed by atoms with Gasteiger partial charge in [-0.2, -0.15) is 0 Å². The van der Waals surface area contributed by atoms with Gasteiger partial charge in [0.15, 0.2) is 0 Å². The third-order valence-corrected chi connectivity index (χ3v) is 3.74. The fraction of sp³-hybridized carbons (Fsp3) is 0.467. The Morgan fingerprint density at radius 3 is 2.84 bits per heavy atom. The van der Waals surface area contributed by atoms with Gasteiger partial charge in [0.2, 0.25) is 11.8 Å². The van der Waals surface area contributed by atoms with Gasteiger partial charge in [0.25, 0.3) is 0 Å². The summed E-state index contributed by atoms with van der Waals surface area (Å²) >= 11 is 0. The molecule has 0 fully saturated rings. The van der Waals surface area contributed by atoms with Crippen LogP contribution in [0, 0.1) is 12.8 Å². The summed E-state index contributed by atoms with van der Waals surface area (Å²) in [6.07, 6.45) is 1.14. The Morgan fingerprint density at radius 2 is 2.11 bits per heavy atom. The summed E-state index contributed by atoms with van der Waals surface area (Å²) < 4.78 is 5.58. The van der Waals surface area contributed by atoms with Crippen LogP contribution in [-0.4, -0.2) is 16.7 Å². The van der Waals surface area contributed by atoms with Gasteiger partial charge in [0.05, 0.1) is 0 Å². The number of hydrogen-bond acceptors (Lipinski definition) is 4. The third-order valence-electron chi connectivity index (χ3n) is 3.74. The number of fused-ring (bicyclic) bond motifs is 1. The minimum absolute atomic E-state index is 0.116. The Hall–Kier alpha value is -1.84. The highest BCUT2D eigenvalue weighted by molar-refractivity contribution is 5.56. The van der Waals surface area contributed by atoms with Crippen molar-refractivity contribution in [1.29, 1.82) is 0 Å². The van der Waals surface area contributed by atoms with Crippen molar-refractivity contribution in [3.05, 3.63) is 41.6 Å². The Bertz CT molecular complexity index is 578. The van der Waals surface area contributed by atoms with E-state index in [2.05, 4.69) is 53.2 Å². The molecule has 2 atom stereocenters. The van der Waals surface area contributed by atoms with Crippen molar-refractivity contribution in [3.8, 4) is 0 Å². The first-order chi connectivity index (χ1) is 9.15. The van der Waals surface area contributed by atoms with Crippen LogP contribution in [-0.2, 0) is 6.42 Å². The molecule has 1 aliphatic rings. The van der Waals surface area contributed by atoms with Crippen molar-refractivity contribution in [3.63, 3.8) is 0 Å². The molecule has 2 aromatic rings. The summed E-state index contributed by atoms with van der Waals surface area (Å²) in [5, 5.41) is 8.09. The highest BCUT2D eigenvalue weighted by Crippen LogP contribution is 2.35. The maximum Gasteiger partial charge on any atom is 0.238 e. The van der Waals surface area contributed by atoms with E-state index in [0.717, 1.165) is 13.0 Å². The lowest BCUT2D eigenvalue weighted by molar-refractivity contribution is 0.408. The van der Waals surface area contributed by atoms with Gasteiger partial charge in [-0.25, -0.2) is 0 Å². The Balaban J connectivity index is 1.96. The number of hydrogen-bond donors (Lipinski definition) is 0. The fourth-order valence-electron chi connectivity index (χ4n) is 2.82. The number of anilines is 1. The molecule has 2 heterocycles. The zero-order valence-electron chi connectivity index (χ0n) is 11.6. The number of aromatic nitrogens is 2. The van der Waals surface area contributed by atoms with Crippen molar-refractivity contribution in [2.75, 3.05) is 11.4 Å². The standard InChI is InChI=1S/C15H19N3O/c1-10-8-13-6-4-5-7-14(13)18(9-10)11(2)15-17-16-12(3)19-15/h4-7,10-11H,8-9H2,1-3H3/t10-,11+/m1/s1. The van der Waals surface area contributed by atoms with Gasteiger partial charge >= 0.3 is 0 Å². The molecular formula is C15H19N3O. The first-order valence-corrected chi connectivity index (χ1v) is 6.79. The lowest BCUT2D eigenvalue weighted by atomic mass is 9.93. The SMILES string of the molecule is Cc1nnc([C@H](C)N2C[C@H](C)Cc3ccccc32)o1. The molecule has 1 aromatic heterocycles. The number of para-hydroxylation sites is 1. The second kappa shape index (κ2) is 4.68. The Kier molecular flexibility index (Phi) is 3.01. The number of aryl methyl sites for hydroxylation is 1. The molecule has 100 valence electrons. The molecule has 0 spiro atoms. The van der Waals surface area contributed by atoms with E-state index in [4.69, 9.17) is 4.42 Å². The fourth-order valence-corrected chi connectivity index (χ4v) is 2.82. The van der Waals surface area contributed by atoms with E-state index in [1.807, 2.05) is 6.92 Å². The molecule has 19 heavy (non-hydrogen) atoms. The summed E-state index contributed by atoms with van der Waals surface area (Å²) in [6, 6.07) is 8.71. The first kappa shape index (κ1) is 12.2. The molecular weight excluding hydrogens is 238 g/mol. The molecule has 1 aliphatic heterocycles. The van der Waals surface area contributed by atoms with E-state index in [1.54, 1.807) is 0 Å². The third kappa shape index (κ3) is 2.23. The highest BCUT2D eigenvalue weighted by atomic mass is 16.4. The minimum Gasteiger partial charge on any atom is -0.423 e. The van der Waals surface area contributed by atoms with Crippen LogP contribution >= 0.6 is 0 Å². The molecule has 0 bridgehead atoms. The van der Waals surface area contributed by atoms with Crippen molar-refractivity contribution in [1.82, 2.24) is 10.2 Å². The van der Waals surface area contributed by atoms with Gasteiger partial charge in [-0.1, -0.05) is 25.1 Å². The summed E-state index contributed by atoms with van der Waals surface area (Å²) in [6.45, 7) is 7.27. The topological polar surface area (TPSA) is 42.2 Å². The van der Waals surface area contributed by atoms with Gasteiger partial charge < -0.3 is 9.32 Å². The molecule has 1 aromatic carbocycles. The summed E-state index contributed by atoms with van der Waals surface area (Å²) in [7, 11) is 0. The minimum atomic E-state index is 0.116. The van der Waals surface area contributed by atoms with E-state index < -0.39 is 0 Å². The molecule has 0 amide bonds.